The summed E-state index contributed by atoms with van der Waals surface area (Å²) in [5, 5.41) is 4.72. The third kappa shape index (κ3) is 1.18. The zero-order valence-corrected chi connectivity index (χ0v) is 9.05. The monoisotopic (exact) mass is 219 g/mol. The van der Waals surface area contributed by atoms with E-state index in [9.17, 15) is 0 Å². The van der Waals surface area contributed by atoms with Crippen LogP contribution < -0.4 is 0 Å². The third-order valence-corrected chi connectivity index (χ3v) is 3.14. The molecule has 0 bridgehead atoms. The Bertz CT molecular complexity index is 839. The van der Waals surface area contributed by atoms with Crippen LogP contribution in [0.1, 0.15) is 0 Å². The normalized spacial score (nSPS) is 11.5. The van der Waals surface area contributed by atoms with Crippen LogP contribution in [0.3, 0.4) is 0 Å². The highest BCUT2D eigenvalue weighted by molar-refractivity contribution is 6.09. The van der Waals surface area contributed by atoms with E-state index in [0.29, 0.717) is 0 Å². The van der Waals surface area contributed by atoms with Gasteiger partial charge in [0.15, 0.2) is 5.58 Å². The second-order valence-electron chi connectivity index (χ2n) is 4.17. The predicted octanol–water partition coefficient (Wildman–Crippen LogP) is 4.13. The number of fused-ring (bicyclic) bond motifs is 4. The van der Waals surface area contributed by atoms with Crippen LogP contribution in [0, 0.1) is 0 Å². The van der Waals surface area contributed by atoms with Crippen LogP contribution in [-0.4, -0.2) is 4.98 Å². The standard InChI is InChI=1S/C15H9NO/c1-2-4-11-8-14-13(7-10(11)3-1)12-5-6-16-9-15(12)17-14/h1-9H. The molecular weight excluding hydrogens is 210 g/mol. The molecule has 2 heterocycles. The molecule has 17 heavy (non-hydrogen) atoms. The molecule has 0 unspecified atom stereocenters. The lowest BCUT2D eigenvalue weighted by Crippen LogP contribution is -1.72. The van der Waals surface area contributed by atoms with Gasteiger partial charge in [-0.25, -0.2) is 0 Å². The maximum Gasteiger partial charge on any atom is 0.153 e. The molecule has 0 fully saturated rings. The highest BCUT2D eigenvalue weighted by Gasteiger charge is 2.07. The summed E-state index contributed by atoms with van der Waals surface area (Å²) in [4.78, 5) is 4.08. The molecule has 0 atom stereocenters. The topological polar surface area (TPSA) is 26.0 Å². The van der Waals surface area contributed by atoms with Gasteiger partial charge >= 0.3 is 0 Å². The van der Waals surface area contributed by atoms with Gasteiger partial charge in [-0.1, -0.05) is 24.3 Å². The first kappa shape index (κ1) is 8.76. The molecule has 0 aliphatic rings. The van der Waals surface area contributed by atoms with Gasteiger partial charge in [-0.15, -0.1) is 0 Å². The van der Waals surface area contributed by atoms with Crippen LogP contribution in [-0.2, 0) is 0 Å². The summed E-state index contributed by atoms with van der Waals surface area (Å²) in [6.07, 6.45) is 3.56. The lowest BCUT2D eigenvalue weighted by atomic mass is 10.1. The van der Waals surface area contributed by atoms with Gasteiger partial charge in [-0.05, 0) is 29.0 Å². The van der Waals surface area contributed by atoms with Crippen LogP contribution in [0.25, 0.3) is 32.7 Å². The van der Waals surface area contributed by atoms with Gasteiger partial charge in [-0.2, -0.15) is 0 Å². The lowest BCUT2D eigenvalue weighted by Gasteiger charge is -1.96. The molecule has 4 aromatic rings. The van der Waals surface area contributed by atoms with Gasteiger partial charge in [0, 0.05) is 17.0 Å². The van der Waals surface area contributed by atoms with Crippen LogP contribution in [0.2, 0.25) is 0 Å². The van der Waals surface area contributed by atoms with Gasteiger partial charge in [0.1, 0.15) is 5.58 Å². The van der Waals surface area contributed by atoms with E-state index >= 15 is 0 Å². The smallest absolute Gasteiger partial charge is 0.153 e. The fraction of sp³-hybridized carbons (Fsp3) is 0. The van der Waals surface area contributed by atoms with Gasteiger partial charge in [0.05, 0.1) is 6.20 Å². The molecule has 4 rings (SSSR count). The summed E-state index contributed by atoms with van der Waals surface area (Å²) in [6.45, 7) is 0. The molecule has 0 radical (unpaired) electrons. The maximum absolute atomic E-state index is 5.80. The summed E-state index contributed by atoms with van der Waals surface area (Å²) in [5.41, 5.74) is 1.77. The van der Waals surface area contributed by atoms with Gasteiger partial charge in [0.25, 0.3) is 0 Å². The van der Waals surface area contributed by atoms with E-state index in [1.54, 1.807) is 12.4 Å². The fourth-order valence-electron chi connectivity index (χ4n) is 2.32. The van der Waals surface area contributed by atoms with Crippen molar-refractivity contribution in [3.8, 4) is 0 Å². The predicted molar refractivity (Wildman–Crippen MR) is 69.0 cm³/mol. The number of aromatic nitrogens is 1. The average molecular weight is 219 g/mol. The number of nitrogens with zero attached hydrogens (tertiary/aromatic N) is 1. The Labute approximate surface area is 97.5 Å². The summed E-state index contributed by atoms with van der Waals surface area (Å²) >= 11 is 0. The average Bonchev–Trinajstić information content (AvgIpc) is 2.73. The fourth-order valence-corrected chi connectivity index (χ4v) is 2.32. The first-order valence-electron chi connectivity index (χ1n) is 5.57. The van der Waals surface area contributed by atoms with Crippen molar-refractivity contribution in [1.29, 1.82) is 0 Å². The molecular formula is C15H9NO. The summed E-state index contributed by atoms with van der Waals surface area (Å²) < 4.78 is 5.80. The molecule has 0 N–H and O–H groups in total. The van der Waals surface area contributed by atoms with Crippen molar-refractivity contribution in [2.75, 3.05) is 0 Å². The Kier molecular flexibility index (Phi) is 1.59. The Morgan fingerprint density at radius 1 is 0.824 bits per heavy atom. The van der Waals surface area contributed by atoms with E-state index in [-0.39, 0.29) is 0 Å². The highest BCUT2D eigenvalue weighted by atomic mass is 16.3. The molecule has 0 saturated carbocycles. The number of benzene rings is 2. The van der Waals surface area contributed by atoms with Gasteiger partial charge < -0.3 is 4.42 Å². The first-order chi connectivity index (χ1) is 8.42. The van der Waals surface area contributed by atoms with Crippen molar-refractivity contribution in [3.63, 3.8) is 0 Å². The molecule has 0 amide bonds. The lowest BCUT2D eigenvalue weighted by molar-refractivity contribution is 0.667. The second kappa shape index (κ2) is 3.08. The van der Waals surface area contributed by atoms with E-state index in [4.69, 9.17) is 4.42 Å². The molecule has 2 heteroatoms. The molecule has 2 nitrogen and oxygen atoms in total. The van der Waals surface area contributed by atoms with Crippen molar-refractivity contribution >= 4 is 32.7 Å². The minimum atomic E-state index is 0.845. The summed E-state index contributed by atoms with van der Waals surface area (Å²) in [6, 6.07) is 14.6. The zero-order valence-electron chi connectivity index (χ0n) is 9.05. The minimum absolute atomic E-state index is 0.845. The van der Waals surface area contributed by atoms with Crippen LogP contribution >= 0.6 is 0 Å². The summed E-state index contributed by atoms with van der Waals surface area (Å²) in [5.74, 6) is 0. The van der Waals surface area contributed by atoms with E-state index in [2.05, 4.69) is 35.3 Å². The van der Waals surface area contributed by atoms with Crippen molar-refractivity contribution < 1.29 is 4.42 Å². The van der Waals surface area contributed by atoms with Gasteiger partial charge in [0.2, 0.25) is 0 Å². The quantitative estimate of drug-likeness (QED) is 0.444. The van der Waals surface area contributed by atoms with E-state index in [1.165, 1.54) is 10.8 Å². The number of pyridine rings is 1. The van der Waals surface area contributed by atoms with Crippen molar-refractivity contribution in [3.05, 3.63) is 54.9 Å². The number of furan rings is 1. The maximum atomic E-state index is 5.80. The van der Waals surface area contributed by atoms with Crippen LogP contribution in [0.5, 0.6) is 0 Å². The summed E-state index contributed by atoms with van der Waals surface area (Å²) in [7, 11) is 0. The molecule has 0 spiro atoms. The Balaban J connectivity index is 2.28. The Morgan fingerprint density at radius 2 is 1.65 bits per heavy atom. The van der Waals surface area contributed by atoms with E-state index < -0.39 is 0 Å². The Hall–Kier alpha value is -2.35. The van der Waals surface area contributed by atoms with Gasteiger partial charge in [-0.3, -0.25) is 4.98 Å². The first-order valence-corrected chi connectivity index (χ1v) is 5.57. The third-order valence-electron chi connectivity index (χ3n) is 3.14. The zero-order chi connectivity index (χ0) is 11.2. The second-order valence-corrected chi connectivity index (χ2v) is 4.17. The minimum Gasteiger partial charge on any atom is -0.454 e. The molecule has 0 aliphatic carbocycles. The molecule has 80 valence electrons. The Morgan fingerprint density at radius 3 is 2.53 bits per heavy atom. The molecule has 2 aromatic heterocycles. The van der Waals surface area contributed by atoms with E-state index in [0.717, 1.165) is 21.9 Å². The van der Waals surface area contributed by atoms with Crippen LogP contribution in [0.15, 0.2) is 59.3 Å². The number of hydrogen-bond acceptors (Lipinski definition) is 2. The van der Waals surface area contributed by atoms with E-state index in [1.807, 2.05) is 12.1 Å². The number of hydrogen-bond donors (Lipinski definition) is 0. The van der Waals surface area contributed by atoms with Crippen molar-refractivity contribution in [2.24, 2.45) is 0 Å². The van der Waals surface area contributed by atoms with Crippen molar-refractivity contribution in [1.82, 2.24) is 4.98 Å². The van der Waals surface area contributed by atoms with Crippen molar-refractivity contribution in [2.45, 2.75) is 0 Å². The SMILES string of the molecule is c1ccc2cc3c(cc2c1)oc1cnccc13. The molecule has 2 aromatic carbocycles. The van der Waals surface area contributed by atoms with Crippen LogP contribution in [0.4, 0.5) is 0 Å². The highest BCUT2D eigenvalue weighted by Crippen LogP contribution is 2.31. The molecule has 0 saturated heterocycles. The molecule has 0 aliphatic heterocycles. The number of rotatable bonds is 0. The largest absolute Gasteiger partial charge is 0.454 e.